The van der Waals surface area contributed by atoms with Gasteiger partial charge in [-0.15, -0.1) is 0 Å². The molecule has 150 valence electrons. The molecule has 3 aromatic rings. The summed E-state index contributed by atoms with van der Waals surface area (Å²) in [7, 11) is 0. The first-order valence-electron chi connectivity index (χ1n) is 10.1. The maximum Gasteiger partial charge on any atom is 0.238 e. The van der Waals surface area contributed by atoms with Gasteiger partial charge in [-0.1, -0.05) is 48.5 Å². The van der Waals surface area contributed by atoms with Crippen molar-refractivity contribution >= 4 is 28.1 Å². The van der Waals surface area contributed by atoms with E-state index in [-0.39, 0.29) is 18.5 Å². The van der Waals surface area contributed by atoms with Gasteiger partial charge >= 0.3 is 0 Å². The van der Waals surface area contributed by atoms with E-state index in [0.29, 0.717) is 13.2 Å². The highest BCUT2D eigenvalue weighted by Gasteiger charge is 2.16. The van der Waals surface area contributed by atoms with E-state index >= 15 is 0 Å². The van der Waals surface area contributed by atoms with E-state index < -0.39 is 0 Å². The zero-order valence-corrected chi connectivity index (χ0v) is 16.7. The molecule has 0 radical (unpaired) electrons. The molecule has 1 amide bonds. The standard InChI is InChI=1S/C24H27N3O2/c1-18(20-11-10-19-6-2-3-7-21(19)16-20)25-17-24(28)26-22-8-4-5-9-23(22)27-12-14-29-15-13-27/h2-11,16,18,25H,12-15,17H2,1H3,(H,26,28). The molecule has 0 saturated carbocycles. The first-order valence-corrected chi connectivity index (χ1v) is 10.1. The average Bonchev–Trinajstić information content (AvgIpc) is 2.78. The fraction of sp³-hybridized carbons (Fsp3) is 0.292. The Kier molecular flexibility index (Phi) is 6.08. The van der Waals surface area contributed by atoms with E-state index in [1.165, 1.54) is 16.3 Å². The van der Waals surface area contributed by atoms with Gasteiger partial charge in [0.2, 0.25) is 5.91 Å². The largest absolute Gasteiger partial charge is 0.378 e. The summed E-state index contributed by atoms with van der Waals surface area (Å²) < 4.78 is 5.44. The summed E-state index contributed by atoms with van der Waals surface area (Å²) in [5.74, 6) is -0.0432. The summed E-state index contributed by atoms with van der Waals surface area (Å²) in [6.45, 7) is 5.44. The molecule has 1 aliphatic heterocycles. The minimum absolute atomic E-state index is 0.0432. The number of ether oxygens (including phenoxy) is 1. The van der Waals surface area contributed by atoms with E-state index in [1.54, 1.807) is 0 Å². The van der Waals surface area contributed by atoms with Gasteiger partial charge < -0.3 is 20.3 Å². The minimum atomic E-state index is -0.0432. The molecule has 0 aliphatic carbocycles. The number of fused-ring (bicyclic) bond motifs is 1. The Hall–Kier alpha value is -2.89. The Labute approximate surface area is 171 Å². The second kappa shape index (κ2) is 9.07. The molecule has 1 aliphatic rings. The second-order valence-corrected chi connectivity index (χ2v) is 7.37. The van der Waals surface area contributed by atoms with Crippen LogP contribution in [0.5, 0.6) is 0 Å². The fourth-order valence-corrected chi connectivity index (χ4v) is 3.69. The van der Waals surface area contributed by atoms with Crippen molar-refractivity contribution < 1.29 is 9.53 Å². The van der Waals surface area contributed by atoms with Crippen LogP contribution in [0.25, 0.3) is 10.8 Å². The molecular formula is C24H27N3O2. The van der Waals surface area contributed by atoms with E-state index in [1.807, 2.05) is 36.4 Å². The van der Waals surface area contributed by atoms with E-state index in [2.05, 4.69) is 52.8 Å². The normalized spacial score (nSPS) is 15.3. The molecule has 0 aromatic heterocycles. The lowest BCUT2D eigenvalue weighted by molar-refractivity contribution is -0.115. The van der Waals surface area contributed by atoms with Gasteiger partial charge in [0, 0.05) is 19.1 Å². The molecule has 0 bridgehead atoms. The van der Waals surface area contributed by atoms with Crippen LogP contribution in [0.1, 0.15) is 18.5 Å². The van der Waals surface area contributed by atoms with Crippen LogP contribution in [0, 0.1) is 0 Å². The Morgan fingerprint density at radius 2 is 1.72 bits per heavy atom. The number of para-hydroxylation sites is 2. The predicted octanol–water partition coefficient (Wildman–Crippen LogP) is 3.97. The van der Waals surface area contributed by atoms with Gasteiger partial charge in [0.05, 0.1) is 31.1 Å². The number of hydrogen-bond donors (Lipinski definition) is 2. The van der Waals surface area contributed by atoms with Crippen molar-refractivity contribution in [1.82, 2.24) is 5.32 Å². The molecule has 4 rings (SSSR count). The molecule has 5 heteroatoms. The van der Waals surface area contributed by atoms with E-state index in [9.17, 15) is 4.79 Å². The van der Waals surface area contributed by atoms with Crippen molar-refractivity contribution in [3.63, 3.8) is 0 Å². The molecule has 1 saturated heterocycles. The summed E-state index contributed by atoms with van der Waals surface area (Å²) in [6.07, 6.45) is 0. The number of hydrogen-bond acceptors (Lipinski definition) is 4. The third kappa shape index (κ3) is 4.75. The topological polar surface area (TPSA) is 53.6 Å². The van der Waals surface area contributed by atoms with Gasteiger partial charge in [0.25, 0.3) is 0 Å². The monoisotopic (exact) mass is 389 g/mol. The quantitative estimate of drug-likeness (QED) is 0.670. The van der Waals surface area contributed by atoms with Crippen LogP contribution >= 0.6 is 0 Å². The Bertz CT molecular complexity index is 983. The molecule has 2 N–H and O–H groups in total. The summed E-state index contributed by atoms with van der Waals surface area (Å²) in [6, 6.07) is 22.8. The molecule has 1 unspecified atom stereocenters. The minimum Gasteiger partial charge on any atom is -0.378 e. The number of amides is 1. The van der Waals surface area contributed by atoms with Gasteiger partial charge in [-0.25, -0.2) is 0 Å². The van der Waals surface area contributed by atoms with Crippen molar-refractivity contribution in [3.05, 3.63) is 72.3 Å². The highest BCUT2D eigenvalue weighted by Crippen LogP contribution is 2.26. The van der Waals surface area contributed by atoms with Crippen molar-refractivity contribution in [2.24, 2.45) is 0 Å². The van der Waals surface area contributed by atoms with Crippen LogP contribution in [-0.2, 0) is 9.53 Å². The highest BCUT2D eigenvalue weighted by molar-refractivity contribution is 5.95. The number of rotatable bonds is 6. The van der Waals surface area contributed by atoms with E-state index in [0.717, 1.165) is 24.5 Å². The Morgan fingerprint density at radius 3 is 2.55 bits per heavy atom. The zero-order chi connectivity index (χ0) is 20.1. The maximum absolute atomic E-state index is 12.6. The van der Waals surface area contributed by atoms with Crippen LogP contribution in [0.4, 0.5) is 11.4 Å². The number of nitrogens with zero attached hydrogens (tertiary/aromatic N) is 1. The average molecular weight is 389 g/mol. The lowest BCUT2D eigenvalue weighted by Crippen LogP contribution is -2.37. The summed E-state index contributed by atoms with van der Waals surface area (Å²) >= 11 is 0. The van der Waals surface area contributed by atoms with Crippen molar-refractivity contribution in [1.29, 1.82) is 0 Å². The first-order chi connectivity index (χ1) is 14.2. The Morgan fingerprint density at radius 1 is 1.00 bits per heavy atom. The van der Waals surface area contributed by atoms with Gasteiger partial charge in [-0.2, -0.15) is 0 Å². The van der Waals surface area contributed by atoms with Crippen molar-refractivity contribution in [2.45, 2.75) is 13.0 Å². The predicted molar refractivity (Wildman–Crippen MR) is 118 cm³/mol. The number of benzene rings is 3. The van der Waals surface area contributed by atoms with Gasteiger partial charge in [0.1, 0.15) is 0 Å². The second-order valence-electron chi connectivity index (χ2n) is 7.37. The van der Waals surface area contributed by atoms with Crippen molar-refractivity contribution in [2.75, 3.05) is 43.1 Å². The van der Waals surface area contributed by atoms with Gasteiger partial charge in [-0.3, -0.25) is 4.79 Å². The Balaban J connectivity index is 1.37. The number of carbonyl (C=O) groups excluding carboxylic acids is 1. The SMILES string of the molecule is CC(NCC(=O)Nc1ccccc1N1CCOCC1)c1ccc2ccccc2c1. The molecule has 1 fully saturated rings. The number of anilines is 2. The number of morpholine rings is 1. The third-order valence-corrected chi connectivity index (χ3v) is 5.37. The van der Waals surface area contributed by atoms with Crippen LogP contribution < -0.4 is 15.5 Å². The van der Waals surface area contributed by atoms with Crippen LogP contribution in [0.2, 0.25) is 0 Å². The molecule has 1 atom stereocenters. The molecular weight excluding hydrogens is 362 g/mol. The summed E-state index contributed by atoms with van der Waals surface area (Å²) in [4.78, 5) is 14.8. The number of carbonyl (C=O) groups is 1. The van der Waals surface area contributed by atoms with Crippen molar-refractivity contribution in [3.8, 4) is 0 Å². The summed E-state index contributed by atoms with van der Waals surface area (Å²) in [5.41, 5.74) is 3.07. The van der Waals surface area contributed by atoms with Gasteiger partial charge in [-0.05, 0) is 41.5 Å². The van der Waals surface area contributed by atoms with Crippen LogP contribution in [0.15, 0.2) is 66.7 Å². The van der Waals surface area contributed by atoms with Crippen LogP contribution in [-0.4, -0.2) is 38.8 Å². The lowest BCUT2D eigenvalue weighted by Gasteiger charge is -2.30. The smallest absolute Gasteiger partial charge is 0.238 e. The molecule has 3 aromatic carbocycles. The zero-order valence-electron chi connectivity index (χ0n) is 16.7. The first kappa shape index (κ1) is 19.4. The highest BCUT2D eigenvalue weighted by atomic mass is 16.5. The fourth-order valence-electron chi connectivity index (χ4n) is 3.69. The molecule has 29 heavy (non-hydrogen) atoms. The molecule has 5 nitrogen and oxygen atoms in total. The summed E-state index contributed by atoms with van der Waals surface area (Å²) in [5, 5.41) is 8.83. The number of nitrogens with one attached hydrogen (secondary N) is 2. The molecule has 0 spiro atoms. The third-order valence-electron chi connectivity index (χ3n) is 5.37. The maximum atomic E-state index is 12.6. The van der Waals surface area contributed by atoms with Gasteiger partial charge in [0.15, 0.2) is 0 Å². The lowest BCUT2D eigenvalue weighted by atomic mass is 10.0. The molecule has 1 heterocycles. The van der Waals surface area contributed by atoms with Crippen LogP contribution in [0.3, 0.4) is 0 Å². The van der Waals surface area contributed by atoms with E-state index in [4.69, 9.17) is 4.74 Å².